The van der Waals surface area contributed by atoms with Crippen LogP contribution in [0, 0.1) is 10.1 Å². The Balaban J connectivity index is 2.41. The van der Waals surface area contributed by atoms with Crippen LogP contribution >= 0.6 is 11.3 Å². The van der Waals surface area contributed by atoms with Gasteiger partial charge in [-0.05, 0) is 12.1 Å². The fraction of sp³-hybridized carbons (Fsp3) is 0.308. The third-order valence-corrected chi connectivity index (χ3v) is 6.34. The van der Waals surface area contributed by atoms with E-state index in [4.69, 9.17) is 0 Å². The van der Waals surface area contributed by atoms with Crippen LogP contribution in [-0.4, -0.2) is 29.8 Å². The first-order valence-electron chi connectivity index (χ1n) is 6.62. The van der Waals surface area contributed by atoms with Crippen molar-refractivity contribution in [2.45, 2.75) is 29.5 Å². The predicted octanol–water partition coefficient (Wildman–Crippen LogP) is 1.98. The van der Waals surface area contributed by atoms with Crippen molar-refractivity contribution in [3.05, 3.63) is 50.5 Å². The fourth-order valence-corrected chi connectivity index (χ4v) is 4.68. The summed E-state index contributed by atoms with van der Waals surface area (Å²) in [5.74, 6) is 0. The fourth-order valence-electron chi connectivity index (χ4n) is 1.93. The van der Waals surface area contributed by atoms with E-state index in [2.05, 4.69) is 10.2 Å². The van der Waals surface area contributed by atoms with E-state index in [1.807, 2.05) is 0 Å². The molecular formula is C13H13N3O5S2. The Kier molecular flexibility index (Phi) is 5.16. The highest BCUT2D eigenvalue weighted by molar-refractivity contribution is 7.92. The van der Waals surface area contributed by atoms with Gasteiger partial charge in [-0.2, -0.15) is 0 Å². The van der Waals surface area contributed by atoms with Gasteiger partial charge in [0.25, 0.3) is 6.04 Å². The minimum absolute atomic E-state index is 0.0184. The molecule has 122 valence electrons. The molecule has 8 nitrogen and oxygen atoms in total. The normalized spacial score (nSPS) is 14.1. The molecule has 23 heavy (non-hydrogen) atoms. The van der Waals surface area contributed by atoms with Crippen LogP contribution in [0.5, 0.6) is 0 Å². The topological polar surface area (TPSA) is 120 Å². The number of nitrogens with zero attached hydrogens (tertiary/aromatic N) is 3. The molecule has 0 aliphatic rings. The molecule has 0 saturated heterocycles. The van der Waals surface area contributed by atoms with Gasteiger partial charge in [0.05, 0.1) is 4.90 Å². The van der Waals surface area contributed by atoms with E-state index in [-0.39, 0.29) is 27.6 Å². The number of carbonyl (C=O) groups excluding carboxylic acids is 1. The Morgan fingerprint density at radius 3 is 2.39 bits per heavy atom. The molecule has 10 heteroatoms. The molecule has 0 spiro atoms. The standard InChI is InChI=1S/C13H13N3O5S2/c1-2-10(16(18)19)12-14-15-13(22-12)11(8-17)23(20,21)9-6-4-3-5-7-9/h3-8,10-11H,2H2,1H3. The minimum Gasteiger partial charge on any atom is -0.301 e. The van der Waals surface area contributed by atoms with Crippen LogP contribution in [0.3, 0.4) is 0 Å². The molecule has 2 aromatic rings. The van der Waals surface area contributed by atoms with Gasteiger partial charge in [-0.25, -0.2) is 8.42 Å². The molecule has 0 fully saturated rings. The lowest BCUT2D eigenvalue weighted by Gasteiger charge is -2.08. The SMILES string of the molecule is CCC(c1nnc(C(C=O)S(=O)(=O)c2ccccc2)s1)[N+](=O)[O-]. The number of hydrogen-bond acceptors (Lipinski definition) is 8. The first kappa shape index (κ1) is 17.2. The van der Waals surface area contributed by atoms with Gasteiger partial charge in [0, 0.05) is 11.3 Å². The number of aldehydes is 1. The van der Waals surface area contributed by atoms with E-state index in [9.17, 15) is 23.3 Å². The second-order valence-corrected chi connectivity index (χ2v) is 7.71. The number of aromatic nitrogens is 2. The van der Waals surface area contributed by atoms with Crippen LogP contribution in [0.25, 0.3) is 0 Å². The van der Waals surface area contributed by atoms with Crippen molar-refractivity contribution in [2.24, 2.45) is 0 Å². The zero-order valence-corrected chi connectivity index (χ0v) is 13.7. The number of hydrogen-bond donors (Lipinski definition) is 0. The molecule has 2 rings (SSSR count). The molecule has 2 unspecified atom stereocenters. The molecule has 0 aliphatic heterocycles. The highest BCUT2D eigenvalue weighted by Gasteiger charge is 2.34. The summed E-state index contributed by atoms with van der Waals surface area (Å²) in [6.45, 7) is 1.62. The van der Waals surface area contributed by atoms with E-state index in [0.29, 0.717) is 0 Å². The van der Waals surface area contributed by atoms with Crippen LogP contribution in [0.1, 0.15) is 34.7 Å². The smallest absolute Gasteiger partial charge is 0.265 e. The number of carbonyl (C=O) groups is 1. The summed E-state index contributed by atoms with van der Waals surface area (Å²) in [6, 6.07) is 6.42. The van der Waals surface area contributed by atoms with Crippen molar-refractivity contribution >= 4 is 27.5 Å². The van der Waals surface area contributed by atoms with Crippen LogP contribution in [0.4, 0.5) is 0 Å². The van der Waals surface area contributed by atoms with Gasteiger partial charge in [0.2, 0.25) is 0 Å². The summed E-state index contributed by atoms with van der Waals surface area (Å²) >= 11 is 0.774. The van der Waals surface area contributed by atoms with Crippen LogP contribution < -0.4 is 0 Å². The second-order valence-electron chi connectivity index (χ2n) is 4.60. The van der Waals surface area contributed by atoms with E-state index >= 15 is 0 Å². The second kappa shape index (κ2) is 6.92. The van der Waals surface area contributed by atoms with Gasteiger partial charge in [0.15, 0.2) is 20.1 Å². The maximum absolute atomic E-state index is 12.5. The Bertz CT molecular complexity index is 804. The average molecular weight is 355 g/mol. The van der Waals surface area contributed by atoms with Crippen molar-refractivity contribution < 1.29 is 18.1 Å². The molecule has 0 bridgehead atoms. The molecule has 0 saturated carbocycles. The molecular weight excluding hydrogens is 342 g/mol. The van der Waals surface area contributed by atoms with Crippen molar-refractivity contribution in [3.8, 4) is 0 Å². The lowest BCUT2D eigenvalue weighted by Crippen LogP contribution is -2.15. The highest BCUT2D eigenvalue weighted by atomic mass is 32.2. The molecule has 1 aromatic heterocycles. The lowest BCUT2D eigenvalue weighted by atomic mass is 10.2. The zero-order valence-electron chi connectivity index (χ0n) is 12.0. The first-order valence-corrected chi connectivity index (χ1v) is 8.99. The maximum Gasteiger partial charge on any atom is 0.265 e. The predicted molar refractivity (Wildman–Crippen MR) is 82.4 cm³/mol. The molecule has 0 aliphatic carbocycles. The lowest BCUT2D eigenvalue weighted by molar-refractivity contribution is -0.529. The quantitative estimate of drug-likeness (QED) is 0.423. The summed E-state index contributed by atoms with van der Waals surface area (Å²) < 4.78 is 25.0. The Morgan fingerprint density at radius 2 is 1.87 bits per heavy atom. The number of rotatable bonds is 7. The van der Waals surface area contributed by atoms with Gasteiger partial charge in [-0.1, -0.05) is 36.5 Å². The van der Waals surface area contributed by atoms with E-state index < -0.39 is 26.1 Å². The highest BCUT2D eigenvalue weighted by Crippen LogP contribution is 2.32. The summed E-state index contributed by atoms with van der Waals surface area (Å²) in [5.41, 5.74) is 0. The van der Waals surface area contributed by atoms with Gasteiger partial charge < -0.3 is 4.79 Å². The van der Waals surface area contributed by atoms with Crippen molar-refractivity contribution in [1.82, 2.24) is 10.2 Å². The van der Waals surface area contributed by atoms with Crippen molar-refractivity contribution in [1.29, 1.82) is 0 Å². The summed E-state index contributed by atoms with van der Waals surface area (Å²) in [6.07, 6.45) is 0.457. The monoisotopic (exact) mass is 355 g/mol. The molecule has 0 amide bonds. The molecule has 0 radical (unpaired) electrons. The molecule has 1 heterocycles. The van der Waals surface area contributed by atoms with Gasteiger partial charge in [-0.3, -0.25) is 10.1 Å². The largest absolute Gasteiger partial charge is 0.301 e. The van der Waals surface area contributed by atoms with Crippen molar-refractivity contribution in [2.75, 3.05) is 0 Å². The number of sulfone groups is 1. The van der Waals surface area contributed by atoms with Crippen molar-refractivity contribution in [3.63, 3.8) is 0 Å². The third-order valence-electron chi connectivity index (χ3n) is 3.16. The third kappa shape index (κ3) is 3.42. The number of benzene rings is 1. The van der Waals surface area contributed by atoms with Gasteiger partial charge in [0.1, 0.15) is 11.3 Å². The number of nitro groups is 1. The molecule has 2 atom stereocenters. The average Bonchev–Trinajstić information content (AvgIpc) is 2.98. The first-order chi connectivity index (χ1) is 10.9. The Labute approximate surface area is 136 Å². The maximum atomic E-state index is 12.5. The van der Waals surface area contributed by atoms with Crippen LogP contribution in [0.2, 0.25) is 0 Å². The summed E-state index contributed by atoms with van der Waals surface area (Å²) in [5, 5.41) is 16.8. The van der Waals surface area contributed by atoms with E-state index in [1.54, 1.807) is 25.1 Å². The van der Waals surface area contributed by atoms with Crippen LogP contribution in [0.15, 0.2) is 35.2 Å². The van der Waals surface area contributed by atoms with E-state index in [1.165, 1.54) is 12.1 Å². The van der Waals surface area contributed by atoms with Gasteiger partial charge in [-0.15, -0.1) is 10.2 Å². The van der Waals surface area contributed by atoms with Crippen LogP contribution in [-0.2, 0) is 14.6 Å². The Hall–Kier alpha value is -2.20. The molecule has 0 N–H and O–H groups in total. The van der Waals surface area contributed by atoms with Gasteiger partial charge >= 0.3 is 0 Å². The minimum atomic E-state index is -3.97. The molecule has 1 aromatic carbocycles. The van der Waals surface area contributed by atoms with E-state index in [0.717, 1.165) is 11.3 Å². The summed E-state index contributed by atoms with van der Waals surface area (Å²) in [4.78, 5) is 21.8. The zero-order chi connectivity index (χ0) is 17.0. The summed E-state index contributed by atoms with van der Waals surface area (Å²) in [7, 11) is -3.97. The Morgan fingerprint density at radius 1 is 1.26 bits per heavy atom.